The summed E-state index contributed by atoms with van der Waals surface area (Å²) in [4.78, 5) is 1.80. The van der Waals surface area contributed by atoms with E-state index in [4.69, 9.17) is 5.14 Å². The summed E-state index contributed by atoms with van der Waals surface area (Å²) in [6.07, 6.45) is -0.328. The fourth-order valence-corrected chi connectivity index (χ4v) is 2.24. The first-order valence-electron chi connectivity index (χ1n) is 5.90. The molecule has 0 radical (unpaired) electrons. The Labute approximate surface area is 112 Å². The third-order valence-corrected chi connectivity index (χ3v) is 3.57. The standard InChI is InChI=1S/C12H19FN2O3S/c1-15(7-2-8-19(14,17)18)9-12(16)10-3-5-11(13)6-4-10/h3-6,12,16H,2,7-9H2,1H3,(H2,14,17,18)/t12-/m1/s1. The lowest BCUT2D eigenvalue weighted by Crippen LogP contribution is -2.28. The molecular formula is C12H19FN2O3S. The van der Waals surface area contributed by atoms with Gasteiger partial charge in [-0.05, 0) is 37.7 Å². The molecule has 3 N–H and O–H groups in total. The Morgan fingerprint density at radius 2 is 1.95 bits per heavy atom. The van der Waals surface area contributed by atoms with Gasteiger partial charge in [0.2, 0.25) is 10.0 Å². The van der Waals surface area contributed by atoms with Gasteiger partial charge in [-0.15, -0.1) is 0 Å². The average molecular weight is 290 g/mol. The number of nitrogens with zero attached hydrogens (tertiary/aromatic N) is 1. The smallest absolute Gasteiger partial charge is 0.209 e. The molecule has 108 valence electrons. The van der Waals surface area contributed by atoms with Crippen molar-refractivity contribution < 1.29 is 17.9 Å². The van der Waals surface area contributed by atoms with Crippen LogP contribution < -0.4 is 5.14 Å². The van der Waals surface area contributed by atoms with Crippen LogP contribution in [-0.2, 0) is 10.0 Å². The molecule has 0 bridgehead atoms. The lowest BCUT2D eigenvalue weighted by atomic mass is 10.1. The van der Waals surface area contributed by atoms with Crippen LogP contribution in [0.1, 0.15) is 18.1 Å². The largest absolute Gasteiger partial charge is 0.387 e. The highest BCUT2D eigenvalue weighted by molar-refractivity contribution is 7.89. The van der Waals surface area contributed by atoms with Crippen LogP contribution in [0.5, 0.6) is 0 Å². The van der Waals surface area contributed by atoms with E-state index in [9.17, 15) is 17.9 Å². The number of sulfonamides is 1. The number of nitrogens with two attached hydrogens (primary N) is 1. The minimum absolute atomic E-state index is 0.0794. The van der Waals surface area contributed by atoms with Crippen molar-refractivity contribution in [3.8, 4) is 0 Å². The van der Waals surface area contributed by atoms with Crippen molar-refractivity contribution in [3.05, 3.63) is 35.6 Å². The summed E-state index contributed by atoms with van der Waals surface area (Å²) in [5, 5.41) is 14.8. The van der Waals surface area contributed by atoms with Crippen molar-refractivity contribution >= 4 is 10.0 Å². The zero-order valence-electron chi connectivity index (χ0n) is 10.8. The number of primary sulfonamides is 1. The van der Waals surface area contributed by atoms with Crippen LogP contribution in [0.3, 0.4) is 0 Å². The van der Waals surface area contributed by atoms with E-state index in [1.54, 1.807) is 11.9 Å². The van der Waals surface area contributed by atoms with E-state index >= 15 is 0 Å². The molecule has 0 fully saturated rings. The third-order valence-electron chi connectivity index (χ3n) is 2.71. The Bertz CT molecular complexity index is 490. The molecule has 0 unspecified atom stereocenters. The highest BCUT2D eigenvalue weighted by Crippen LogP contribution is 2.14. The van der Waals surface area contributed by atoms with Gasteiger partial charge in [0.15, 0.2) is 0 Å². The van der Waals surface area contributed by atoms with Gasteiger partial charge in [0.05, 0.1) is 11.9 Å². The topological polar surface area (TPSA) is 83.6 Å². The van der Waals surface area contributed by atoms with Gasteiger partial charge in [-0.25, -0.2) is 17.9 Å². The van der Waals surface area contributed by atoms with Crippen molar-refractivity contribution in [2.75, 3.05) is 25.9 Å². The molecule has 0 spiro atoms. The van der Waals surface area contributed by atoms with Gasteiger partial charge in [-0.2, -0.15) is 0 Å². The predicted octanol–water partition coefficient (Wildman–Crippen LogP) is 0.470. The van der Waals surface area contributed by atoms with Gasteiger partial charge in [0.25, 0.3) is 0 Å². The maximum absolute atomic E-state index is 12.7. The number of hydrogen-bond donors (Lipinski definition) is 2. The van der Waals surface area contributed by atoms with Crippen molar-refractivity contribution in [2.24, 2.45) is 5.14 Å². The van der Waals surface area contributed by atoms with Crippen LogP contribution in [-0.4, -0.2) is 44.3 Å². The van der Waals surface area contributed by atoms with Crippen LogP contribution in [0.2, 0.25) is 0 Å². The Morgan fingerprint density at radius 1 is 1.37 bits per heavy atom. The molecule has 0 heterocycles. The quantitative estimate of drug-likeness (QED) is 0.764. The molecular weight excluding hydrogens is 271 g/mol. The molecule has 1 aromatic carbocycles. The Morgan fingerprint density at radius 3 is 2.47 bits per heavy atom. The summed E-state index contributed by atoms with van der Waals surface area (Å²) in [6, 6.07) is 5.63. The molecule has 19 heavy (non-hydrogen) atoms. The molecule has 0 aliphatic rings. The molecule has 0 aliphatic heterocycles. The molecule has 0 amide bonds. The first-order chi connectivity index (χ1) is 8.78. The lowest BCUT2D eigenvalue weighted by molar-refractivity contribution is 0.127. The molecule has 0 saturated carbocycles. The second-order valence-electron chi connectivity index (χ2n) is 4.55. The van der Waals surface area contributed by atoms with Crippen LogP contribution in [0, 0.1) is 5.82 Å². The summed E-state index contributed by atoms with van der Waals surface area (Å²) in [6.45, 7) is 0.852. The molecule has 0 aromatic heterocycles. The second-order valence-corrected chi connectivity index (χ2v) is 6.28. The summed E-state index contributed by atoms with van der Waals surface area (Å²) in [5.74, 6) is -0.429. The van der Waals surface area contributed by atoms with Gasteiger partial charge >= 0.3 is 0 Å². The Hall–Kier alpha value is -1.02. The number of benzene rings is 1. The third kappa shape index (κ3) is 6.63. The zero-order chi connectivity index (χ0) is 14.5. The first kappa shape index (κ1) is 16.0. The summed E-state index contributed by atoms with van der Waals surface area (Å²) in [5.41, 5.74) is 0.625. The van der Waals surface area contributed by atoms with E-state index in [2.05, 4.69) is 0 Å². The summed E-state index contributed by atoms with van der Waals surface area (Å²) < 4.78 is 34.3. The molecule has 5 nitrogen and oxygen atoms in total. The number of halogens is 1. The Kier molecular flexibility index (Phi) is 5.86. The van der Waals surface area contributed by atoms with E-state index in [1.165, 1.54) is 24.3 Å². The SMILES string of the molecule is CN(CCCS(N)(=O)=O)C[C@@H](O)c1ccc(F)cc1. The van der Waals surface area contributed by atoms with Crippen molar-refractivity contribution in [1.82, 2.24) is 4.90 Å². The summed E-state index contributed by atoms with van der Waals surface area (Å²) >= 11 is 0. The van der Waals surface area contributed by atoms with Gasteiger partial charge in [0.1, 0.15) is 5.82 Å². The molecule has 1 rings (SSSR count). The molecule has 1 aromatic rings. The van der Waals surface area contributed by atoms with E-state index in [-0.39, 0.29) is 11.6 Å². The van der Waals surface area contributed by atoms with Gasteiger partial charge < -0.3 is 10.0 Å². The molecule has 0 aliphatic carbocycles. The first-order valence-corrected chi connectivity index (χ1v) is 7.62. The minimum atomic E-state index is -3.44. The molecule has 0 saturated heterocycles. The van der Waals surface area contributed by atoms with E-state index in [0.29, 0.717) is 25.1 Å². The van der Waals surface area contributed by atoms with Crippen LogP contribution in [0.4, 0.5) is 4.39 Å². The molecule has 7 heteroatoms. The Balaban J connectivity index is 2.39. The van der Waals surface area contributed by atoms with Crippen molar-refractivity contribution in [2.45, 2.75) is 12.5 Å². The number of aliphatic hydroxyl groups is 1. The monoisotopic (exact) mass is 290 g/mol. The van der Waals surface area contributed by atoms with E-state index in [0.717, 1.165) is 0 Å². The fourth-order valence-electron chi connectivity index (χ4n) is 1.71. The predicted molar refractivity (Wildman–Crippen MR) is 71.4 cm³/mol. The van der Waals surface area contributed by atoms with E-state index in [1.807, 2.05) is 0 Å². The van der Waals surface area contributed by atoms with Crippen LogP contribution in [0.15, 0.2) is 24.3 Å². The highest BCUT2D eigenvalue weighted by Gasteiger charge is 2.11. The second kappa shape index (κ2) is 6.95. The van der Waals surface area contributed by atoms with Crippen LogP contribution in [0.25, 0.3) is 0 Å². The lowest BCUT2D eigenvalue weighted by Gasteiger charge is -2.20. The van der Waals surface area contributed by atoms with Crippen LogP contribution >= 0.6 is 0 Å². The number of hydrogen-bond acceptors (Lipinski definition) is 4. The highest BCUT2D eigenvalue weighted by atomic mass is 32.2. The number of rotatable bonds is 7. The maximum atomic E-state index is 12.7. The zero-order valence-corrected chi connectivity index (χ0v) is 11.6. The van der Waals surface area contributed by atoms with Gasteiger partial charge in [-0.1, -0.05) is 12.1 Å². The maximum Gasteiger partial charge on any atom is 0.209 e. The summed E-state index contributed by atoms with van der Waals surface area (Å²) in [7, 11) is -1.66. The van der Waals surface area contributed by atoms with Crippen molar-refractivity contribution in [3.63, 3.8) is 0 Å². The van der Waals surface area contributed by atoms with Gasteiger partial charge in [0, 0.05) is 6.54 Å². The normalized spacial score (nSPS) is 13.7. The number of aliphatic hydroxyl groups excluding tert-OH is 1. The van der Waals surface area contributed by atoms with Crippen molar-refractivity contribution in [1.29, 1.82) is 0 Å². The molecule has 1 atom stereocenters. The average Bonchev–Trinajstić information content (AvgIpc) is 2.27. The van der Waals surface area contributed by atoms with Gasteiger partial charge in [-0.3, -0.25) is 0 Å². The minimum Gasteiger partial charge on any atom is -0.387 e. The number of likely N-dealkylation sites (N-methyl/N-ethyl adjacent to an activating group) is 1. The fraction of sp³-hybridized carbons (Fsp3) is 0.500. The van der Waals surface area contributed by atoms with E-state index < -0.39 is 16.1 Å².